The van der Waals surface area contributed by atoms with Crippen molar-refractivity contribution in [2.45, 2.75) is 25.4 Å². The molecule has 1 amide bonds. The summed E-state index contributed by atoms with van der Waals surface area (Å²) in [5.41, 5.74) is 0. The van der Waals surface area contributed by atoms with E-state index < -0.39 is 0 Å². The van der Waals surface area contributed by atoms with Gasteiger partial charge in [0.25, 0.3) is 0 Å². The van der Waals surface area contributed by atoms with E-state index in [0.717, 1.165) is 19.5 Å². The summed E-state index contributed by atoms with van der Waals surface area (Å²) in [5.74, 6) is 0.0353. The van der Waals surface area contributed by atoms with Crippen LogP contribution in [0.3, 0.4) is 0 Å². The Morgan fingerprint density at radius 3 is 3.08 bits per heavy atom. The number of hydrogen-bond donors (Lipinski definition) is 2. The van der Waals surface area contributed by atoms with Crippen molar-refractivity contribution in [3.63, 3.8) is 0 Å². The van der Waals surface area contributed by atoms with Crippen LogP contribution in [0, 0.1) is 0 Å². The normalized spacial score (nSPS) is 30.8. The lowest BCUT2D eigenvalue weighted by Crippen LogP contribution is -2.50. The first kappa shape index (κ1) is 9.48. The summed E-state index contributed by atoms with van der Waals surface area (Å²) in [4.78, 5) is 11.3. The van der Waals surface area contributed by atoms with Gasteiger partial charge in [-0.05, 0) is 19.9 Å². The minimum Gasteiger partial charge on any atom is -0.358 e. The molecule has 0 aromatic carbocycles. The molecule has 1 aliphatic rings. The Morgan fingerprint density at radius 1 is 1.67 bits per heavy atom. The second-order valence-corrected chi connectivity index (χ2v) is 3.05. The Morgan fingerprint density at radius 2 is 2.42 bits per heavy atom. The molecule has 4 nitrogen and oxygen atoms in total. The van der Waals surface area contributed by atoms with Gasteiger partial charge in [0.1, 0.15) is 6.04 Å². The maximum atomic E-state index is 11.3. The zero-order chi connectivity index (χ0) is 8.97. The average molecular weight is 170 g/mol. The van der Waals surface area contributed by atoms with Gasteiger partial charge in [-0.25, -0.2) is 5.32 Å². The first-order chi connectivity index (χ1) is 5.75. The number of nitrogens with one attached hydrogen (secondary N) is 2. The predicted molar refractivity (Wildman–Crippen MR) is 46.9 cm³/mol. The summed E-state index contributed by atoms with van der Waals surface area (Å²) in [6.07, 6.45) is 1.03. The highest BCUT2D eigenvalue weighted by Crippen LogP contribution is 1.99. The highest BCUT2D eigenvalue weighted by molar-refractivity contribution is 5.82. The van der Waals surface area contributed by atoms with Crippen LogP contribution in [-0.4, -0.2) is 38.1 Å². The summed E-state index contributed by atoms with van der Waals surface area (Å²) in [6.45, 7) is 3.71. The molecule has 0 aromatic rings. The third kappa shape index (κ3) is 2.19. The monoisotopic (exact) mass is 170 g/mol. The van der Waals surface area contributed by atoms with Crippen LogP contribution in [0.5, 0.6) is 0 Å². The molecule has 0 saturated carbocycles. The lowest BCUT2D eigenvalue weighted by molar-refractivity contribution is -0.123. The van der Waals surface area contributed by atoms with E-state index in [0.29, 0.717) is 0 Å². The summed E-state index contributed by atoms with van der Waals surface area (Å²) >= 11 is 0. The van der Waals surface area contributed by atoms with Gasteiger partial charge in [0.2, 0.25) is 5.91 Å². The van der Waals surface area contributed by atoms with Crippen molar-refractivity contribution in [3.8, 4) is 0 Å². The van der Waals surface area contributed by atoms with Crippen molar-refractivity contribution in [3.05, 3.63) is 0 Å². The van der Waals surface area contributed by atoms with Crippen LogP contribution in [0.1, 0.15) is 13.3 Å². The third-order valence-electron chi connectivity index (χ3n) is 2.13. The smallest absolute Gasteiger partial charge is 0.238 e. The molecular formula is C8H16N3O. The highest BCUT2D eigenvalue weighted by Gasteiger charge is 2.25. The van der Waals surface area contributed by atoms with Gasteiger partial charge < -0.3 is 10.6 Å². The van der Waals surface area contributed by atoms with Crippen LogP contribution < -0.4 is 16.0 Å². The molecule has 0 aromatic heterocycles. The third-order valence-corrected chi connectivity index (χ3v) is 2.13. The van der Waals surface area contributed by atoms with Gasteiger partial charge in [-0.1, -0.05) is 0 Å². The molecule has 0 spiro atoms. The zero-order valence-corrected chi connectivity index (χ0v) is 7.63. The fourth-order valence-electron chi connectivity index (χ4n) is 1.37. The van der Waals surface area contributed by atoms with Gasteiger partial charge >= 0.3 is 0 Å². The molecule has 2 unspecified atom stereocenters. The number of nitrogens with zero attached hydrogens (tertiary/aromatic N) is 1. The van der Waals surface area contributed by atoms with E-state index in [1.54, 1.807) is 7.05 Å². The molecule has 1 radical (unpaired) electrons. The highest BCUT2D eigenvalue weighted by atomic mass is 16.2. The van der Waals surface area contributed by atoms with Crippen LogP contribution in [0.25, 0.3) is 0 Å². The van der Waals surface area contributed by atoms with E-state index in [1.807, 2.05) is 6.92 Å². The molecule has 1 fully saturated rings. The largest absolute Gasteiger partial charge is 0.358 e. The molecule has 1 rings (SSSR count). The van der Waals surface area contributed by atoms with Crippen LogP contribution in [-0.2, 0) is 4.79 Å². The summed E-state index contributed by atoms with van der Waals surface area (Å²) in [7, 11) is 1.65. The molecule has 2 atom stereocenters. The van der Waals surface area contributed by atoms with Gasteiger partial charge in [-0.15, -0.1) is 0 Å². The Hall–Kier alpha value is -0.610. The van der Waals surface area contributed by atoms with Gasteiger partial charge in [-0.2, -0.15) is 0 Å². The van der Waals surface area contributed by atoms with E-state index in [1.165, 1.54) is 0 Å². The van der Waals surface area contributed by atoms with Gasteiger partial charge in [0, 0.05) is 19.6 Å². The Balaban J connectivity index is 2.52. The molecule has 2 N–H and O–H groups in total. The van der Waals surface area contributed by atoms with E-state index in [4.69, 9.17) is 0 Å². The van der Waals surface area contributed by atoms with Crippen molar-refractivity contribution in [2.24, 2.45) is 0 Å². The second-order valence-electron chi connectivity index (χ2n) is 3.05. The van der Waals surface area contributed by atoms with Crippen molar-refractivity contribution in [2.75, 3.05) is 20.1 Å². The summed E-state index contributed by atoms with van der Waals surface area (Å²) < 4.78 is 0. The maximum Gasteiger partial charge on any atom is 0.238 e. The maximum absolute atomic E-state index is 11.3. The average Bonchev–Trinajstić information content (AvgIpc) is 2.28. The predicted octanol–water partition coefficient (Wildman–Crippen LogP) is -0.913. The first-order valence-electron chi connectivity index (χ1n) is 4.37. The topological polar surface area (TPSA) is 55.2 Å². The standard InChI is InChI=1S/C8H16N3O/c1-6-7(8(12)9-2)11-5-3-4-10-6/h6-7,11H,3-5H2,1-2H3,(H,9,12). The van der Waals surface area contributed by atoms with Gasteiger partial charge in [0.15, 0.2) is 0 Å². The van der Waals surface area contributed by atoms with E-state index in [-0.39, 0.29) is 18.0 Å². The number of carbonyl (C=O) groups is 1. The number of carbonyl (C=O) groups excluding carboxylic acids is 1. The van der Waals surface area contributed by atoms with Gasteiger partial charge in [-0.3, -0.25) is 4.79 Å². The molecule has 0 bridgehead atoms. The van der Waals surface area contributed by atoms with Crippen molar-refractivity contribution < 1.29 is 4.79 Å². The molecule has 1 saturated heterocycles. The van der Waals surface area contributed by atoms with Crippen LogP contribution in [0.4, 0.5) is 0 Å². The lowest BCUT2D eigenvalue weighted by Gasteiger charge is -2.19. The summed E-state index contributed by atoms with van der Waals surface area (Å²) in [6, 6.07) is -0.0510. The Bertz CT molecular complexity index is 160. The minimum atomic E-state index is -0.141. The van der Waals surface area contributed by atoms with Crippen molar-refractivity contribution in [1.82, 2.24) is 16.0 Å². The van der Waals surface area contributed by atoms with Crippen molar-refractivity contribution in [1.29, 1.82) is 0 Å². The lowest BCUT2D eigenvalue weighted by atomic mass is 10.1. The van der Waals surface area contributed by atoms with E-state index in [2.05, 4.69) is 16.0 Å². The quantitative estimate of drug-likeness (QED) is 0.535. The van der Waals surface area contributed by atoms with Gasteiger partial charge in [0.05, 0.1) is 0 Å². The van der Waals surface area contributed by atoms with E-state index >= 15 is 0 Å². The summed E-state index contributed by atoms with van der Waals surface area (Å²) in [5, 5.41) is 10.2. The molecule has 0 aliphatic carbocycles. The van der Waals surface area contributed by atoms with Crippen LogP contribution in [0.15, 0.2) is 0 Å². The fourth-order valence-corrected chi connectivity index (χ4v) is 1.37. The Kier molecular flexibility index (Phi) is 3.49. The number of likely N-dealkylation sites (N-methyl/N-ethyl adjacent to an activating group) is 1. The van der Waals surface area contributed by atoms with Crippen LogP contribution in [0.2, 0.25) is 0 Å². The molecule has 1 heterocycles. The number of hydrogen-bond acceptors (Lipinski definition) is 2. The molecular weight excluding hydrogens is 154 g/mol. The second kappa shape index (κ2) is 4.42. The Labute approximate surface area is 73.1 Å². The van der Waals surface area contributed by atoms with Crippen molar-refractivity contribution >= 4 is 5.91 Å². The number of amides is 1. The molecule has 12 heavy (non-hydrogen) atoms. The number of rotatable bonds is 1. The van der Waals surface area contributed by atoms with E-state index in [9.17, 15) is 4.79 Å². The van der Waals surface area contributed by atoms with Crippen LogP contribution >= 0.6 is 0 Å². The molecule has 4 heteroatoms. The first-order valence-corrected chi connectivity index (χ1v) is 4.37. The zero-order valence-electron chi connectivity index (χ0n) is 7.63. The minimum absolute atomic E-state index is 0.0353. The SMILES string of the molecule is CNC(=O)C1NCCC[N]C1C. The molecule has 69 valence electrons. The fraction of sp³-hybridized carbons (Fsp3) is 0.875. The molecule has 1 aliphatic heterocycles.